The predicted molar refractivity (Wildman–Crippen MR) is 122 cm³/mol. The zero-order valence-corrected chi connectivity index (χ0v) is 17.5. The van der Waals surface area contributed by atoms with Gasteiger partial charge in [-0.3, -0.25) is 14.3 Å². The Kier molecular flexibility index (Phi) is 4.70. The van der Waals surface area contributed by atoms with Gasteiger partial charge < -0.3 is 19.3 Å². The molecule has 1 N–H and O–H groups in total. The van der Waals surface area contributed by atoms with Crippen LogP contribution in [0.2, 0.25) is 0 Å². The first-order chi connectivity index (χ1) is 15.5. The van der Waals surface area contributed by atoms with Crippen LogP contribution in [0, 0.1) is 0 Å². The summed E-state index contributed by atoms with van der Waals surface area (Å²) in [5.74, 6) is -0.345. The van der Waals surface area contributed by atoms with E-state index in [1.54, 1.807) is 6.20 Å². The SMILES string of the molecule is CN(c1ccc2c(cnn2C)c1)c1cccc2ccn(CC(=O)Nc3cnoc3)c(=O)c12. The van der Waals surface area contributed by atoms with Crippen molar-refractivity contribution in [1.82, 2.24) is 19.5 Å². The van der Waals surface area contributed by atoms with Gasteiger partial charge in [-0.25, -0.2) is 0 Å². The highest BCUT2D eigenvalue weighted by molar-refractivity contribution is 5.96. The highest BCUT2D eigenvalue weighted by Gasteiger charge is 2.15. The van der Waals surface area contributed by atoms with E-state index in [1.165, 1.54) is 17.0 Å². The molecule has 2 aromatic carbocycles. The molecule has 0 aliphatic carbocycles. The van der Waals surface area contributed by atoms with E-state index in [4.69, 9.17) is 4.52 Å². The second kappa shape index (κ2) is 7.69. The van der Waals surface area contributed by atoms with Crippen LogP contribution in [0.4, 0.5) is 17.1 Å². The zero-order chi connectivity index (χ0) is 22.2. The van der Waals surface area contributed by atoms with E-state index in [-0.39, 0.29) is 18.0 Å². The van der Waals surface area contributed by atoms with Crippen molar-refractivity contribution < 1.29 is 9.32 Å². The van der Waals surface area contributed by atoms with Gasteiger partial charge in [0.15, 0.2) is 0 Å². The number of rotatable bonds is 5. The number of nitrogens with zero attached hydrogens (tertiary/aromatic N) is 5. The number of aromatic nitrogens is 4. The summed E-state index contributed by atoms with van der Waals surface area (Å²) in [4.78, 5) is 27.7. The zero-order valence-electron chi connectivity index (χ0n) is 17.5. The third-order valence-electron chi connectivity index (χ3n) is 5.49. The average Bonchev–Trinajstić information content (AvgIpc) is 3.44. The molecule has 9 heteroatoms. The normalized spacial score (nSPS) is 11.2. The van der Waals surface area contributed by atoms with E-state index < -0.39 is 0 Å². The molecule has 160 valence electrons. The second-order valence-corrected chi connectivity index (χ2v) is 7.52. The molecule has 0 aliphatic heterocycles. The second-order valence-electron chi connectivity index (χ2n) is 7.52. The van der Waals surface area contributed by atoms with Gasteiger partial charge in [-0.15, -0.1) is 0 Å². The van der Waals surface area contributed by atoms with Crippen LogP contribution in [0.15, 0.2) is 76.6 Å². The van der Waals surface area contributed by atoms with Crippen molar-refractivity contribution in [3.8, 4) is 0 Å². The number of nitrogens with one attached hydrogen (secondary N) is 1. The number of carbonyl (C=O) groups excluding carboxylic acids is 1. The first-order valence-corrected chi connectivity index (χ1v) is 9.98. The molecule has 32 heavy (non-hydrogen) atoms. The summed E-state index contributed by atoms with van der Waals surface area (Å²) in [5.41, 5.74) is 2.91. The van der Waals surface area contributed by atoms with Gasteiger partial charge in [0.2, 0.25) is 5.91 Å². The standard InChI is InChI=1S/C23H20N6O3/c1-27(18-6-7-19-16(10-18)11-24-28(19)2)20-5-3-4-15-8-9-29(23(31)22(15)20)13-21(30)26-17-12-25-32-14-17/h3-12,14H,13H2,1-2H3,(H,26,30). The van der Waals surface area contributed by atoms with Gasteiger partial charge in [-0.2, -0.15) is 5.10 Å². The van der Waals surface area contributed by atoms with Crippen LogP contribution in [-0.2, 0) is 18.4 Å². The summed E-state index contributed by atoms with van der Waals surface area (Å²) >= 11 is 0. The summed E-state index contributed by atoms with van der Waals surface area (Å²) in [6, 6.07) is 13.6. The minimum Gasteiger partial charge on any atom is -0.363 e. The van der Waals surface area contributed by atoms with Gasteiger partial charge in [-0.05, 0) is 35.7 Å². The third kappa shape index (κ3) is 3.39. The fraction of sp³-hybridized carbons (Fsp3) is 0.130. The summed E-state index contributed by atoms with van der Waals surface area (Å²) in [6.45, 7) is -0.125. The minimum absolute atomic E-state index is 0.125. The highest BCUT2D eigenvalue weighted by atomic mass is 16.5. The molecular weight excluding hydrogens is 408 g/mol. The van der Waals surface area contributed by atoms with Crippen molar-refractivity contribution in [2.45, 2.75) is 6.54 Å². The van der Waals surface area contributed by atoms with E-state index in [1.807, 2.05) is 72.3 Å². The lowest BCUT2D eigenvalue weighted by Crippen LogP contribution is -2.28. The third-order valence-corrected chi connectivity index (χ3v) is 5.49. The lowest BCUT2D eigenvalue weighted by molar-refractivity contribution is -0.116. The molecule has 5 aromatic rings. The molecule has 0 bridgehead atoms. The molecule has 0 unspecified atom stereocenters. The number of hydrogen-bond donors (Lipinski definition) is 1. The Hall–Kier alpha value is -4.40. The summed E-state index contributed by atoms with van der Waals surface area (Å²) < 4.78 is 7.93. The fourth-order valence-electron chi connectivity index (χ4n) is 3.84. The number of anilines is 3. The molecule has 0 radical (unpaired) electrons. The molecule has 0 aliphatic rings. The number of amides is 1. The Morgan fingerprint density at radius 3 is 2.84 bits per heavy atom. The van der Waals surface area contributed by atoms with Crippen molar-refractivity contribution in [3.05, 3.63) is 77.7 Å². The molecule has 3 heterocycles. The van der Waals surface area contributed by atoms with Crippen LogP contribution < -0.4 is 15.8 Å². The van der Waals surface area contributed by atoms with Crippen LogP contribution >= 0.6 is 0 Å². The van der Waals surface area contributed by atoms with Crippen LogP contribution in [-0.4, -0.2) is 32.5 Å². The van der Waals surface area contributed by atoms with Gasteiger partial charge in [0.25, 0.3) is 5.56 Å². The van der Waals surface area contributed by atoms with Crippen molar-refractivity contribution in [1.29, 1.82) is 0 Å². The molecule has 0 atom stereocenters. The predicted octanol–water partition coefficient (Wildman–Crippen LogP) is 3.28. The Balaban J connectivity index is 1.53. The molecule has 3 aromatic heterocycles. The lowest BCUT2D eigenvalue weighted by Gasteiger charge is -2.21. The van der Waals surface area contributed by atoms with Crippen LogP contribution in [0.3, 0.4) is 0 Å². The maximum atomic E-state index is 13.4. The van der Waals surface area contributed by atoms with Crippen molar-refractivity contribution in [2.75, 3.05) is 17.3 Å². The quantitative estimate of drug-likeness (QED) is 0.461. The van der Waals surface area contributed by atoms with Crippen LogP contribution in [0.1, 0.15) is 0 Å². The summed E-state index contributed by atoms with van der Waals surface area (Å²) in [6.07, 6.45) is 6.17. The van der Waals surface area contributed by atoms with Crippen molar-refractivity contribution >= 4 is 44.6 Å². The van der Waals surface area contributed by atoms with Gasteiger partial charge in [0, 0.05) is 31.4 Å². The molecule has 0 saturated carbocycles. The smallest absolute Gasteiger partial charge is 0.261 e. The van der Waals surface area contributed by atoms with Gasteiger partial charge >= 0.3 is 0 Å². The molecule has 0 fully saturated rings. The summed E-state index contributed by atoms with van der Waals surface area (Å²) in [5, 5.41) is 12.9. The lowest BCUT2D eigenvalue weighted by atomic mass is 10.1. The number of benzene rings is 2. The number of aryl methyl sites for hydroxylation is 1. The fourth-order valence-corrected chi connectivity index (χ4v) is 3.84. The number of carbonyl (C=O) groups is 1. The van der Waals surface area contributed by atoms with Crippen molar-refractivity contribution in [3.63, 3.8) is 0 Å². The number of pyridine rings is 1. The van der Waals surface area contributed by atoms with Gasteiger partial charge in [-0.1, -0.05) is 17.3 Å². The van der Waals surface area contributed by atoms with E-state index in [2.05, 4.69) is 15.6 Å². The molecule has 1 amide bonds. The topological polar surface area (TPSA) is 98.2 Å². The maximum absolute atomic E-state index is 13.4. The Morgan fingerprint density at radius 2 is 2.03 bits per heavy atom. The maximum Gasteiger partial charge on any atom is 0.261 e. The Bertz CT molecular complexity index is 1500. The Morgan fingerprint density at radius 1 is 1.16 bits per heavy atom. The van der Waals surface area contributed by atoms with E-state index >= 15 is 0 Å². The largest absolute Gasteiger partial charge is 0.363 e. The average molecular weight is 428 g/mol. The van der Waals surface area contributed by atoms with E-state index in [9.17, 15) is 9.59 Å². The first-order valence-electron chi connectivity index (χ1n) is 9.98. The molecular formula is C23H20N6O3. The molecule has 0 saturated heterocycles. The minimum atomic E-state index is -0.345. The first kappa shape index (κ1) is 19.6. The van der Waals surface area contributed by atoms with Crippen LogP contribution in [0.5, 0.6) is 0 Å². The van der Waals surface area contributed by atoms with E-state index in [0.717, 1.165) is 27.7 Å². The van der Waals surface area contributed by atoms with Gasteiger partial charge in [0.1, 0.15) is 18.5 Å². The Labute approximate surface area is 182 Å². The highest BCUT2D eigenvalue weighted by Crippen LogP contribution is 2.31. The monoisotopic (exact) mass is 428 g/mol. The molecule has 5 rings (SSSR count). The van der Waals surface area contributed by atoms with Gasteiger partial charge in [0.05, 0.1) is 29.0 Å². The number of hydrogen-bond acceptors (Lipinski definition) is 6. The number of fused-ring (bicyclic) bond motifs is 2. The van der Waals surface area contributed by atoms with Crippen molar-refractivity contribution in [2.24, 2.45) is 7.05 Å². The molecule has 0 spiro atoms. The van der Waals surface area contributed by atoms with Crippen LogP contribution in [0.25, 0.3) is 21.7 Å². The summed E-state index contributed by atoms with van der Waals surface area (Å²) in [7, 11) is 3.82. The van der Waals surface area contributed by atoms with E-state index in [0.29, 0.717) is 11.1 Å². The molecule has 9 nitrogen and oxygen atoms in total.